The number of nitrogens with one attached hydrogen (secondary N) is 2. The van der Waals surface area contributed by atoms with Gasteiger partial charge >= 0.3 is 0 Å². The van der Waals surface area contributed by atoms with Crippen molar-refractivity contribution in [3.05, 3.63) is 35.4 Å². The summed E-state index contributed by atoms with van der Waals surface area (Å²) in [7, 11) is -3.29. The lowest BCUT2D eigenvalue weighted by Gasteiger charge is -2.14. The SMILES string of the molecule is CSCC(C)NS(=O)(=O)Cc1cccc(CNC(C)C)c1. The van der Waals surface area contributed by atoms with Crippen LogP contribution >= 0.6 is 11.8 Å². The van der Waals surface area contributed by atoms with Crippen LogP contribution in [-0.4, -0.2) is 32.5 Å². The van der Waals surface area contributed by atoms with Gasteiger partial charge in [-0.25, -0.2) is 13.1 Å². The van der Waals surface area contributed by atoms with Gasteiger partial charge in [0.2, 0.25) is 10.0 Å². The Balaban J connectivity index is 2.67. The van der Waals surface area contributed by atoms with E-state index in [9.17, 15) is 8.42 Å². The van der Waals surface area contributed by atoms with E-state index >= 15 is 0 Å². The Morgan fingerprint density at radius 2 is 1.86 bits per heavy atom. The molecule has 0 amide bonds. The van der Waals surface area contributed by atoms with E-state index in [-0.39, 0.29) is 11.8 Å². The van der Waals surface area contributed by atoms with Gasteiger partial charge in [-0.05, 0) is 24.3 Å². The maximum absolute atomic E-state index is 12.1. The molecule has 0 saturated heterocycles. The molecule has 0 bridgehead atoms. The maximum Gasteiger partial charge on any atom is 0.216 e. The Labute approximate surface area is 133 Å². The molecule has 0 saturated carbocycles. The van der Waals surface area contributed by atoms with Crippen molar-refractivity contribution in [2.75, 3.05) is 12.0 Å². The monoisotopic (exact) mass is 330 g/mol. The largest absolute Gasteiger partial charge is 0.310 e. The fourth-order valence-corrected chi connectivity index (χ4v) is 4.09. The third-order valence-electron chi connectivity index (χ3n) is 2.86. The normalized spacial score (nSPS) is 13.6. The summed E-state index contributed by atoms with van der Waals surface area (Å²) in [5, 5.41) is 3.33. The van der Waals surface area contributed by atoms with Crippen molar-refractivity contribution in [3.63, 3.8) is 0 Å². The zero-order valence-corrected chi connectivity index (χ0v) is 14.9. The summed E-state index contributed by atoms with van der Waals surface area (Å²) in [6, 6.07) is 8.09. The third-order valence-corrected chi connectivity index (χ3v) is 5.17. The fourth-order valence-electron chi connectivity index (χ4n) is 2.00. The molecule has 0 spiro atoms. The van der Waals surface area contributed by atoms with E-state index < -0.39 is 10.0 Å². The first-order valence-electron chi connectivity index (χ1n) is 7.12. The summed E-state index contributed by atoms with van der Waals surface area (Å²) in [6.45, 7) is 6.82. The minimum atomic E-state index is -3.29. The summed E-state index contributed by atoms with van der Waals surface area (Å²) in [5.41, 5.74) is 1.93. The Hall–Kier alpha value is -0.560. The van der Waals surface area contributed by atoms with Crippen molar-refractivity contribution in [1.29, 1.82) is 0 Å². The van der Waals surface area contributed by atoms with Crippen LogP contribution in [0.2, 0.25) is 0 Å². The highest BCUT2D eigenvalue weighted by atomic mass is 32.2. The molecule has 0 aliphatic carbocycles. The molecule has 0 heterocycles. The molecule has 0 radical (unpaired) electrons. The molecule has 0 aliphatic rings. The van der Waals surface area contributed by atoms with Gasteiger partial charge in [0, 0.05) is 24.4 Å². The predicted molar refractivity (Wildman–Crippen MR) is 92.0 cm³/mol. The number of hydrogen-bond acceptors (Lipinski definition) is 4. The van der Waals surface area contributed by atoms with Crippen molar-refractivity contribution in [2.24, 2.45) is 0 Å². The van der Waals surface area contributed by atoms with Crippen LogP contribution in [-0.2, 0) is 22.3 Å². The molecule has 21 heavy (non-hydrogen) atoms. The number of thioether (sulfide) groups is 1. The average molecular weight is 331 g/mol. The average Bonchev–Trinajstić information content (AvgIpc) is 2.35. The van der Waals surface area contributed by atoms with Gasteiger partial charge in [-0.1, -0.05) is 38.1 Å². The van der Waals surface area contributed by atoms with Gasteiger partial charge in [-0.15, -0.1) is 0 Å². The smallest absolute Gasteiger partial charge is 0.216 e. The molecule has 1 aromatic rings. The first kappa shape index (κ1) is 18.5. The van der Waals surface area contributed by atoms with Crippen LogP contribution in [0.4, 0.5) is 0 Å². The summed E-state index contributed by atoms with van der Waals surface area (Å²) >= 11 is 1.63. The molecule has 120 valence electrons. The van der Waals surface area contributed by atoms with Gasteiger partial charge in [-0.3, -0.25) is 0 Å². The van der Waals surface area contributed by atoms with Crippen LogP contribution in [0, 0.1) is 0 Å². The second-order valence-electron chi connectivity index (χ2n) is 5.59. The quantitative estimate of drug-likeness (QED) is 0.730. The highest BCUT2D eigenvalue weighted by Crippen LogP contribution is 2.10. The maximum atomic E-state index is 12.1. The molecule has 1 atom stereocenters. The fraction of sp³-hybridized carbons (Fsp3) is 0.600. The molecular weight excluding hydrogens is 304 g/mol. The van der Waals surface area contributed by atoms with Crippen LogP contribution < -0.4 is 10.0 Å². The minimum absolute atomic E-state index is 0.0290. The molecule has 4 nitrogen and oxygen atoms in total. The third kappa shape index (κ3) is 7.85. The van der Waals surface area contributed by atoms with Crippen molar-refractivity contribution in [2.45, 2.75) is 45.2 Å². The minimum Gasteiger partial charge on any atom is -0.310 e. The highest BCUT2D eigenvalue weighted by molar-refractivity contribution is 7.98. The first-order valence-corrected chi connectivity index (χ1v) is 10.2. The van der Waals surface area contributed by atoms with Crippen molar-refractivity contribution in [1.82, 2.24) is 10.0 Å². The molecule has 0 aromatic heterocycles. The second kappa shape index (κ2) is 8.78. The first-order chi connectivity index (χ1) is 9.82. The van der Waals surface area contributed by atoms with E-state index in [0.717, 1.165) is 23.4 Å². The zero-order chi connectivity index (χ0) is 15.9. The molecule has 1 unspecified atom stereocenters. The van der Waals surface area contributed by atoms with Gasteiger partial charge in [0.1, 0.15) is 0 Å². The number of sulfonamides is 1. The lowest BCUT2D eigenvalue weighted by Crippen LogP contribution is -2.35. The van der Waals surface area contributed by atoms with Crippen molar-refractivity contribution in [3.8, 4) is 0 Å². The van der Waals surface area contributed by atoms with Gasteiger partial charge in [0.25, 0.3) is 0 Å². The Kier molecular flexibility index (Phi) is 7.73. The van der Waals surface area contributed by atoms with Gasteiger partial charge in [0.15, 0.2) is 0 Å². The van der Waals surface area contributed by atoms with Gasteiger partial charge in [-0.2, -0.15) is 11.8 Å². The van der Waals surface area contributed by atoms with E-state index in [1.165, 1.54) is 0 Å². The molecular formula is C15H26N2O2S2. The number of rotatable bonds is 9. The second-order valence-corrected chi connectivity index (χ2v) is 8.25. The summed E-state index contributed by atoms with van der Waals surface area (Å²) in [6.07, 6.45) is 1.97. The topological polar surface area (TPSA) is 58.2 Å². The van der Waals surface area contributed by atoms with Crippen LogP contribution in [0.1, 0.15) is 31.9 Å². The molecule has 2 N–H and O–H groups in total. The van der Waals surface area contributed by atoms with Crippen LogP contribution in [0.5, 0.6) is 0 Å². The lowest BCUT2D eigenvalue weighted by atomic mass is 10.1. The molecule has 1 aromatic carbocycles. The van der Waals surface area contributed by atoms with Gasteiger partial charge < -0.3 is 5.32 Å². The van der Waals surface area contributed by atoms with Gasteiger partial charge in [0.05, 0.1) is 5.75 Å². The number of benzene rings is 1. The summed E-state index contributed by atoms with van der Waals surface area (Å²) in [4.78, 5) is 0. The molecule has 6 heteroatoms. The zero-order valence-electron chi connectivity index (χ0n) is 13.2. The van der Waals surface area contributed by atoms with Crippen molar-refractivity contribution < 1.29 is 8.42 Å². The standard InChI is InChI=1S/C15H26N2O2S2/c1-12(2)16-9-14-6-5-7-15(8-14)11-21(18,19)17-13(3)10-20-4/h5-8,12-13,16-17H,9-11H2,1-4H3. The van der Waals surface area contributed by atoms with Crippen molar-refractivity contribution >= 4 is 21.8 Å². The molecule has 0 fully saturated rings. The van der Waals surface area contributed by atoms with E-state index in [0.29, 0.717) is 6.04 Å². The lowest BCUT2D eigenvalue weighted by molar-refractivity contribution is 0.570. The van der Waals surface area contributed by atoms with E-state index in [1.807, 2.05) is 37.4 Å². The summed E-state index contributed by atoms with van der Waals surface area (Å²) < 4.78 is 27.0. The van der Waals surface area contributed by atoms with E-state index in [2.05, 4.69) is 23.9 Å². The van der Waals surface area contributed by atoms with Crippen LogP contribution in [0.3, 0.4) is 0 Å². The predicted octanol–water partition coefficient (Wildman–Crippen LogP) is 2.36. The Morgan fingerprint density at radius 3 is 2.48 bits per heavy atom. The molecule has 0 aliphatic heterocycles. The Morgan fingerprint density at radius 1 is 1.19 bits per heavy atom. The Bertz CT molecular complexity index is 530. The van der Waals surface area contributed by atoms with E-state index in [1.54, 1.807) is 11.8 Å². The van der Waals surface area contributed by atoms with Crippen LogP contribution in [0.15, 0.2) is 24.3 Å². The summed E-state index contributed by atoms with van der Waals surface area (Å²) in [5.74, 6) is 0.804. The van der Waals surface area contributed by atoms with E-state index in [4.69, 9.17) is 0 Å². The molecule has 1 rings (SSSR count). The van der Waals surface area contributed by atoms with Crippen LogP contribution in [0.25, 0.3) is 0 Å². The number of hydrogen-bond donors (Lipinski definition) is 2. The highest BCUT2D eigenvalue weighted by Gasteiger charge is 2.15.